The zero-order valence-electron chi connectivity index (χ0n) is 17.3. The van der Waals surface area contributed by atoms with Crippen molar-refractivity contribution < 1.29 is 18.7 Å². The Kier molecular flexibility index (Phi) is 5.68. The van der Waals surface area contributed by atoms with Gasteiger partial charge in [-0.05, 0) is 58.2 Å². The summed E-state index contributed by atoms with van der Waals surface area (Å²) in [6, 6.07) is -0.0536. The van der Waals surface area contributed by atoms with Gasteiger partial charge in [-0.2, -0.15) is 0 Å². The van der Waals surface area contributed by atoms with Crippen molar-refractivity contribution in [3.8, 4) is 0 Å². The lowest BCUT2D eigenvalue weighted by atomic mass is 9.98. The van der Waals surface area contributed by atoms with Crippen LogP contribution in [0.1, 0.15) is 67.2 Å². The predicted octanol–water partition coefficient (Wildman–Crippen LogP) is 4.61. The van der Waals surface area contributed by atoms with E-state index in [1.54, 1.807) is 0 Å². The van der Waals surface area contributed by atoms with Crippen LogP contribution in [0.25, 0.3) is 0 Å². The van der Waals surface area contributed by atoms with Crippen molar-refractivity contribution in [3.05, 3.63) is 0 Å². The second-order valence-corrected chi connectivity index (χ2v) is 15.0. The molecule has 1 aliphatic heterocycles. The first kappa shape index (κ1) is 20.7. The Hall–Kier alpha value is -0.593. The Morgan fingerprint density at radius 3 is 2.28 bits per heavy atom. The third-order valence-corrected chi connectivity index (χ3v) is 10.3. The van der Waals surface area contributed by atoms with Gasteiger partial charge in [0.2, 0.25) is 0 Å². The zero-order chi connectivity index (χ0) is 19.1. The van der Waals surface area contributed by atoms with Crippen molar-refractivity contribution in [1.29, 1.82) is 0 Å². The van der Waals surface area contributed by atoms with Crippen molar-refractivity contribution in [2.75, 3.05) is 6.61 Å². The average molecular weight is 372 g/mol. The lowest BCUT2D eigenvalue weighted by molar-refractivity contribution is 0.000975. The molecule has 1 aliphatic carbocycles. The Morgan fingerprint density at radius 1 is 1.16 bits per heavy atom. The third kappa shape index (κ3) is 5.20. The Balaban J connectivity index is 2.11. The second kappa shape index (κ2) is 6.85. The maximum absolute atomic E-state index is 12.3. The number of alkyl carbamates (subject to hydrolysis) is 1. The van der Waals surface area contributed by atoms with Gasteiger partial charge < -0.3 is 19.2 Å². The summed E-state index contributed by atoms with van der Waals surface area (Å²) in [4.78, 5) is 12.3. The molecule has 146 valence electrons. The maximum Gasteiger partial charge on any atom is 0.407 e. The number of ether oxygens (including phenoxy) is 2. The quantitative estimate of drug-likeness (QED) is 0.736. The smallest absolute Gasteiger partial charge is 0.407 e. The van der Waals surface area contributed by atoms with Crippen LogP contribution >= 0.6 is 0 Å². The topological polar surface area (TPSA) is 56.8 Å². The molecular formula is C19H37NO4Si. The highest BCUT2D eigenvalue weighted by Crippen LogP contribution is 2.45. The molecule has 1 unspecified atom stereocenters. The number of hydrogen-bond donors (Lipinski definition) is 1. The first-order valence-electron chi connectivity index (χ1n) is 9.54. The minimum atomic E-state index is -1.92. The van der Waals surface area contributed by atoms with Crippen molar-refractivity contribution in [2.24, 2.45) is 0 Å². The molecule has 6 heteroatoms. The molecule has 1 amide bonds. The minimum Gasteiger partial charge on any atom is -0.444 e. The van der Waals surface area contributed by atoms with Gasteiger partial charge in [0.05, 0.1) is 17.7 Å². The summed E-state index contributed by atoms with van der Waals surface area (Å²) in [5.41, 5.74) is -0.632. The second-order valence-electron chi connectivity index (χ2n) is 10.2. The zero-order valence-corrected chi connectivity index (χ0v) is 18.3. The molecule has 3 atom stereocenters. The van der Waals surface area contributed by atoms with E-state index in [4.69, 9.17) is 13.9 Å². The van der Waals surface area contributed by atoms with Crippen LogP contribution in [0.2, 0.25) is 18.1 Å². The SMILES string of the molecule is CC(C)(C)OC(=O)N[C@H]1CC2(CCCO2)C[C@@H]1O[Si](C)(C)C(C)(C)C. The molecule has 25 heavy (non-hydrogen) atoms. The molecule has 1 saturated carbocycles. The summed E-state index contributed by atoms with van der Waals surface area (Å²) in [7, 11) is -1.92. The van der Waals surface area contributed by atoms with Crippen molar-refractivity contribution >= 4 is 14.4 Å². The molecule has 2 rings (SSSR count). The molecule has 0 aromatic rings. The summed E-state index contributed by atoms with van der Waals surface area (Å²) < 4.78 is 18.2. The highest BCUT2D eigenvalue weighted by molar-refractivity contribution is 6.74. The van der Waals surface area contributed by atoms with Gasteiger partial charge >= 0.3 is 6.09 Å². The molecule has 0 bridgehead atoms. The lowest BCUT2D eigenvalue weighted by Gasteiger charge is -2.40. The van der Waals surface area contributed by atoms with E-state index in [-0.39, 0.29) is 28.9 Å². The maximum atomic E-state index is 12.3. The molecule has 0 aromatic carbocycles. The molecule has 1 saturated heterocycles. The number of carbonyl (C=O) groups is 1. The normalized spacial score (nSPS) is 30.7. The van der Waals surface area contributed by atoms with Gasteiger partial charge in [0, 0.05) is 13.0 Å². The molecule has 2 aliphatic rings. The van der Waals surface area contributed by atoms with E-state index in [2.05, 4.69) is 39.2 Å². The van der Waals surface area contributed by atoms with E-state index in [0.29, 0.717) is 0 Å². The van der Waals surface area contributed by atoms with Crippen LogP contribution in [0.4, 0.5) is 4.79 Å². The summed E-state index contributed by atoms with van der Waals surface area (Å²) in [6.45, 7) is 17.7. The molecule has 0 aromatic heterocycles. The number of amides is 1. The van der Waals surface area contributed by atoms with Gasteiger partial charge in [0.25, 0.3) is 0 Å². The Morgan fingerprint density at radius 2 is 1.80 bits per heavy atom. The van der Waals surface area contributed by atoms with E-state index in [1.165, 1.54) is 0 Å². The lowest BCUT2D eigenvalue weighted by Crippen LogP contribution is -2.50. The van der Waals surface area contributed by atoms with Gasteiger partial charge in [0.1, 0.15) is 5.60 Å². The minimum absolute atomic E-state index is 0.00786. The van der Waals surface area contributed by atoms with Crippen molar-refractivity contribution in [1.82, 2.24) is 5.32 Å². The first-order valence-corrected chi connectivity index (χ1v) is 12.5. The van der Waals surface area contributed by atoms with Crippen LogP contribution in [0.3, 0.4) is 0 Å². The molecule has 1 heterocycles. The van der Waals surface area contributed by atoms with Gasteiger partial charge in [-0.25, -0.2) is 4.79 Å². The summed E-state index contributed by atoms with van der Waals surface area (Å²) in [5, 5.41) is 3.20. The van der Waals surface area contributed by atoms with Crippen LogP contribution in [0.5, 0.6) is 0 Å². The first-order chi connectivity index (χ1) is 11.2. The summed E-state index contributed by atoms with van der Waals surface area (Å²) in [6.07, 6.45) is 3.44. The number of carbonyl (C=O) groups excluding carboxylic acids is 1. The van der Waals surface area contributed by atoms with Crippen LogP contribution in [-0.4, -0.2) is 44.4 Å². The molecule has 5 nitrogen and oxygen atoms in total. The fourth-order valence-electron chi connectivity index (χ4n) is 3.48. The summed E-state index contributed by atoms with van der Waals surface area (Å²) in [5.74, 6) is 0. The fraction of sp³-hybridized carbons (Fsp3) is 0.947. The van der Waals surface area contributed by atoms with E-state index in [0.717, 1.165) is 32.3 Å². The highest BCUT2D eigenvalue weighted by atomic mass is 28.4. The summed E-state index contributed by atoms with van der Waals surface area (Å²) >= 11 is 0. The highest BCUT2D eigenvalue weighted by Gasteiger charge is 2.52. The number of rotatable bonds is 3. The largest absolute Gasteiger partial charge is 0.444 e. The van der Waals surface area contributed by atoms with E-state index in [9.17, 15) is 4.79 Å². The van der Waals surface area contributed by atoms with E-state index in [1.807, 2.05) is 20.8 Å². The van der Waals surface area contributed by atoms with Gasteiger partial charge in [-0.3, -0.25) is 0 Å². The molecule has 1 spiro atoms. The molecule has 1 N–H and O–H groups in total. The van der Waals surface area contributed by atoms with Crippen LogP contribution in [-0.2, 0) is 13.9 Å². The van der Waals surface area contributed by atoms with Crippen molar-refractivity contribution in [3.63, 3.8) is 0 Å². The van der Waals surface area contributed by atoms with Crippen LogP contribution < -0.4 is 5.32 Å². The van der Waals surface area contributed by atoms with Gasteiger partial charge in [-0.15, -0.1) is 0 Å². The van der Waals surface area contributed by atoms with E-state index >= 15 is 0 Å². The van der Waals surface area contributed by atoms with Crippen LogP contribution in [0, 0.1) is 0 Å². The standard InChI is InChI=1S/C19H37NO4Si/c1-17(2,3)23-16(21)20-14-12-19(10-9-11-22-19)13-15(14)24-25(7,8)18(4,5)6/h14-15H,9-13H2,1-8H3,(H,20,21)/t14-,15-,19?/m0/s1. The third-order valence-electron chi connectivity index (χ3n) is 5.75. The monoisotopic (exact) mass is 371 g/mol. The average Bonchev–Trinajstić information content (AvgIpc) is 2.94. The Bertz CT molecular complexity index is 487. The molecular weight excluding hydrogens is 334 g/mol. The van der Waals surface area contributed by atoms with E-state index < -0.39 is 13.9 Å². The molecule has 2 fully saturated rings. The number of nitrogens with one attached hydrogen (secondary N) is 1. The fourth-order valence-corrected chi connectivity index (χ4v) is 4.84. The number of hydrogen-bond acceptors (Lipinski definition) is 4. The predicted molar refractivity (Wildman–Crippen MR) is 102 cm³/mol. The van der Waals surface area contributed by atoms with Crippen molar-refractivity contribution in [2.45, 2.75) is 109 Å². The van der Waals surface area contributed by atoms with Gasteiger partial charge in [0.15, 0.2) is 8.32 Å². The van der Waals surface area contributed by atoms with Crippen LogP contribution in [0.15, 0.2) is 0 Å². The van der Waals surface area contributed by atoms with Gasteiger partial charge in [-0.1, -0.05) is 20.8 Å². The molecule has 0 radical (unpaired) electrons. The Labute approximate surface area is 154 Å².